The summed E-state index contributed by atoms with van der Waals surface area (Å²) in [5, 5.41) is 3.13. The Labute approximate surface area is 190 Å². The lowest BCUT2D eigenvalue weighted by atomic mass is 9.97. The first kappa shape index (κ1) is 21.1. The molecule has 0 atom stereocenters. The fraction of sp³-hybridized carbons (Fsp3) is 0.222. The summed E-state index contributed by atoms with van der Waals surface area (Å²) in [6, 6.07) is 15.8. The molecule has 6 heteroatoms. The van der Waals surface area contributed by atoms with Gasteiger partial charge in [0, 0.05) is 24.6 Å². The number of aryl methyl sites for hydroxylation is 1. The van der Waals surface area contributed by atoms with Crippen LogP contribution < -0.4 is 10.7 Å². The Bertz CT molecular complexity index is 1380. The van der Waals surface area contributed by atoms with Crippen LogP contribution in [0.15, 0.2) is 71.8 Å². The molecular weight excluding hydrogens is 417 g/mol. The number of amides is 1. The minimum absolute atomic E-state index is 0.0425. The highest BCUT2D eigenvalue weighted by Gasteiger charge is 2.22. The topological polar surface area (TPSA) is 64.0 Å². The average Bonchev–Trinajstić information content (AvgIpc) is 3.23. The smallest absolute Gasteiger partial charge is 0.261 e. The molecule has 2 heterocycles. The van der Waals surface area contributed by atoms with Gasteiger partial charge in [-0.25, -0.2) is 9.37 Å². The largest absolute Gasteiger partial charge is 0.332 e. The number of nitrogens with zero attached hydrogens (tertiary/aromatic N) is 2. The lowest BCUT2D eigenvalue weighted by Crippen LogP contribution is -2.24. The van der Waals surface area contributed by atoms with Gasteiger partial charge >= 0.3 is 0 Å². The Morgan fingerprint density at radius 1 is 1.12 bits per heavy atom. The quantitative estimate of drug-likeness (QED) is 0.485. The summed E-state index contributed by atoms with van der Waals surface area (Å²) in [6.07, 6.45) is 6.26. The zero-order chi connectivity index (χ0) is 22.9. The second-order valence-corrected chi connectivity index (χ2v) is 8.58. The number of pyridine rings is 2. The second-order valence-electron chi connectivity index (χ2n) is 8.58. The normalized spacial score (nSPS) is 13.3. The van der Waals surface area contributed by atoms with Crippen molar-refractivity contribution in [2.75, 3.05) is 5.32 Å². The van der Waals surface area contributed by atoms with Gasteiger partial charge in [0.15, 0.2) is 0 Å². The number of anilines is 1. The van der Waals surface area contributed by atoms with Gasteiger partial charge in [-0.2, -0.15) is 0 Å². The Morgan fingerprint density at radius 2 is 1.82 bits per heavy atom. The summed E-state index contributed by atoms with van der Waals surface area (Å²) < 4.78 is 15.0. The predicted octanol–water partition coefficient (Wildman–Crippen LogP) is 4.77. The van der Waals surface area contributed by atoms with Crippen LogP contribution in [0.2, 0.25) is 0 Å². The molecule has 1 amide bonds. The molecule has 2 aromatic heterocycles. The van der Waals surface area contributed by atoms with Crippen LogP contribution in [0.1, 0.15) is 34.0 Å². The third-order valence-electron chi connectivity index (χ3n) is 6.32. The molecule has 0 fully saturated rings. The molecule has 1 aliphatic rings. The van der Waals surface area contributed by atoms with E-state index >= 15 is 0 Å². The molecule has 2 aromatic carbocycles. The minimum Gasteiger partial charge on any atom is -0.332 e. The molecule has 0 unspecified atom stereocenters. The first-order chi connectivity index (χ1) is 16.0. The van der Waals surface area contributed by atoms with Crippen LogP contribution in [-0.2, 0) is 25.8 Å². The van der Waals surface area contributed by atoms with Crippen molar-refractivity contribution in [3.63, 3.8) is 0 Å². The van der Waals surface area contributed by atoms with Crippen LogP contribution in [0.3, 0.4) is 0 Å². The molecule has 0 aliphatic heterocycles. The van der Waals surface area contributed by atoms with Crippen LogP contribution in [-0.4, -0.2) is 15.5 Å². The highest BCUT2D eigenvalue weighted by Crippen LogP contribution is 2.29. The number of aromatic nitrogens is 2. The van der Waals surface area contributed by atoms with Crippen LogP contribution in [0.4, 0.5) is 10.1 Å². The van der Waals surface area contributed by atoms with Crippen LogP contribution in [0.5, 0.6) is 0 Å². The van der Waals surface area contributed by atoms with E-state index in [4.69, 9.17) is 0 Å². The van der Waals surface area contributed by atoms with E-state index in [0.717, 1.165) is 24.8 Å². The third kappa shape index (κ3) is 4.16. The van der Waals surface area contributed by atoms with Gasteiger partial charge in [-0.1, -0.05) is 24.3 Å². The van der Waals surface area contributed by atoms with Gasteiger partial charge in [0.05, 0.1) is 5.39 Å². The first-order valence-corrected chi connectivity index (χ1v) is 11.2. The number of fused-ring (bicyclic) bond motifs is 2. The summed E-state index contributed by atoms with van der Waals surface area (Å²) in [5.41, 5.74) is 4.47. The van der Waals surface area contributed by atoms with Gasteiger partial charge in [0.2, 0.25) is 5.43 Å². The van der Waals surface area contributed by atoms with E-state index < -0.39 is 11.7 Å². The molecule has 5 nitrogen and oxygen atoms in total. The Morgan fingerprint density at radius 3 is 2.48 bits per heavy atom. The van der Waals surface area contributed by atoms with Gasteiger partial charge in [-0.15, -0.1) is 0 Å². The molecule has 166 valence electrons. The van der Waals surface area contributed by atoms with Crippen molar-refractivity contribution in [1.82, 2.24) is 9.55 Å². The number of halogens is 1. The van der Waals surface area contributed by atoms with Gasteiger partial charge in [0.1, 0.15) is 17.0 Å². The maximum atomic E-state index is 13.3. The molecule has 0 spiro atoms. The molecule has 0 bridgehead atoms. The molecule has 1 aliphatic carbocycles. The Kier molecular flexibility index (Phi) is 5.50. The van der Waals surface area contributed by atoms with Crippen LogP contribution in [0.25, 0.3) is 11.0 Å². The minimum atomic E-state index is -0.521. The maximum absolute atomic E-state index is 13.3. The third-order valence-corrected chi connectivity index (χ3v) is 6.32. The fourth-order valence-electron chi connectivity index (χ4n) is 4.69. The molecule has 1 N–H and O–H groups in total. The number of carbonyl (C=O) groups is 1. The Hall–Kier alpha value is -3.80. The summed E-state index contributed by atoms with van der Waals surface area (Å²) in [5.74, 6) is -0.441. The molecule has 0 radical (unpaired) electrons. The standard InChI is InChI=1S/C27H24FN3O2/c1-2-31-16-24(27(33)30-22-9-7-21(28)8-10-22)25(32)23-14-18(15-29-26(23)31)11-17-12-19-5-3-4-6-20(19)13-17/h3-10,14-17H,2,11-13H2,1H3,(H,30,33). The van der Waals surface area contributed by atoms with Crippen molar-refractivity contribution in [3.05, 3.63) is 105 Å². The van der Waals surface area contributed by atoms with Crippen molar-refractivity contribution in [1.29, 1.82) is 0 Å². The van der Waals surface area contributed by atoms with E-state index in [9.17, 15) is 14.0 Å². The van der Waals surface area contributed by atoms with Crippen molar-refractivity contribution < 1.29 is 9.18 Å². The summed E-state index contributed by atoms with van der Waals surface area (Å²) >= 11 is 0. The molecule has 5 rings (SSSR count). The highest BCUT2D eigenvalue weighted by atomic mass is 19.1. The average molecular weight is 442 g/mol. The predicted molar refractivity (Wildman–Crippen MR) is 127 cm³/mol. The number of nitrogens with one attached hydrogen (secondary N) is 1. The zero-order valence-electron chi connectivity index (χ0n) is 18.3. The number of rotatable bonds is 5. The number of hydrogen-bond acceptors (Lipinski definition) is 3. The molecule has 4 aromatic rings. The fourth-order valence-corrected chi connectivity index (χ4v) is 4.69. The van der Waals surface area contributed by atoms with Gasteiger partial charge in [0.25, 0.3) is 5.91 Å². The van der Waals surface area contributed by atoms with E-state index in [0.29, 0.717) is 29.2 Å². The lowest BCUT2D eigenvalue weighted by molar-refractivity contribution is 0.102. The maximum Gasteiger partial charge on any atom is 0.261 e. The van der Waals surface area contributed by atoms with Gasteiger partial charge in [-0.05, 0) is 79.1 Å². The Balaban J connectivity index is 1.46. The van der Waals surface area contributed by atoms with Crippen molar-refractivity contribution in [2.45, 2.75) is 32.7 Å². The van der Waals surface area contributed by atoms with E-state index in [1.807, 2.05) is 23.8 Å². The van der Waals surface area contributed by atoms with Crippen molar-refractivity contribution in [2.24, 2.45) is 5.92 Å². The van der Waals surface area contributed by atoms with Gasteiger partial charge in [-0.3, -0.25) is 9.59 Å². The lowest BCUT2D eigenvalue weighted by Gasteiger charge is -2.13. The molecular formula is C27H24FN3O2. The molecule has 0 saturated heterocycles. The van der Waals surface area contributed by atoms with E-state index in [-0.39, 0.29) is 11.0 Å². The summed E-state index contributed by atoms with van der Waals surface area (Å²) in [7, 11) is 0. The van der Waals surface area contributed by atoms with E-state index in [2.05, 4.69) is 34.6 Å². The first-order valence-electron chi connectivity index (χ1n) is 11.2. The second kappa shape index (κ2) is 8.62. The van der Waals surface area contributed by atoms with Crippen molar-refractivity contribution in [3.8, 4) is 0 Å². The molecule has 0 saturated carbocycles. The van der Waals surface area contributed by atoms with Crippen LogP contribution >= 0.6 is 0 Å². The number of hydrogen-bond donors (Lipinski definition) is 1. The SMILES string of the molecule is CCn1cc(C(=O)Nc2ccc(F)cc2)c(=O)c2cc(CC3Cc4ccccc4C3)cnc21. The van der Waals surface area contributed by atoms with Crippen LogP contribution in [0, 0.1) is 11.7 Å². The number of benzene rings is 2. The van der Waals surface area contributed by atoms with Crippen molar-refractivity contribution >= 4 is 22.6 Å². The zero-order valence-corrected chi connectivity index (χ0v) is 18.3. The highest BCUT2D eigenvalue weighted by molar-refractivity contribution is 6.05. The van der Waals surface area contributed by atoms with E-state index in [1.54, 1.807) is 6.20 Å². The van der Waals surface area contributed by atoms with E-state index in [1.165, 1.54) is 35.4 Å². The van der Waals surface area contributed by atoms with Gasteiger partial charge < -0.3 is 9.88 Å². The summed E-state index contributed by atoms with van der Waals surface area (Å²) in [6.45, 7) is 2.51. The summed E-state index contributed by atoms with van der Waals surface area (Å²) in [4.78, 5) is 30.7. The monoisotopic (exact) mass is 441 g/mol. The molecule has 33 heavy (non-hydrogen) atoms. The number of carbonyl (C=O) groups excluding carboxylic acids is 1.